The van der Waals surface area contributed by atoms with Crippen LogP contribution in [0, 0.1) is 19.8 Å². The largest absolute Gasteiger partial charge is 0.426 e. The second-order valence-electron chi connectivity index (χ2n) is 7.31. The molecule has 0 saturated carbocycles. The van der Waals surface area contributed by atoms with Crippen molar-refractivity contribution in [2.45, 2.75) is 31.6 Å². The average molecular weight is 398 g/mol. The molecule has 0 N–H and O–H groups in total. The van der Waals surface area contributed by atoms with Gasteiger partial charge in [-0.2, -0.15) is 8.42 Å². The lowest BCUT2D eigenvalue weighted by molar-refractivity contribution is -0.140. The predicted molar refractivity (Wildman–Crippen MR) is 106 cm³/mol. The van der Waals surface area contributed by atoms with E-state index >= 15 is 0 Å². The minimum absolute atomic E-state index is 0.227. The third kappa shape index (κ3) is 3.30. The molecular weight excluding hydrogens is 376 g/mol. The van der Waals surface area contributed by atoms with Crippen LogP contribution in [-0.2, 0) is 14.8 Å². The molecule has 0 bridgehead atoms. The normalized spacial score (nSPS) is 20.4. The Morgan fingerprint density at radius 3 is 2.57 bits per heavy atom. The summed E-state index contributed by atoms with van der Waals surface area (Å²) in [6.45, 7) is 4.89. The van der Waals surface area contributed by atoms with Crippen molar-refractivity contribution in [2.24, 2.45) is 10.3 Å². The molecule has 28 heavy (non-hydrogen) atoms. The van der Waals surface area contributed by atoms with Gasteiger partial charge in [0.25, 0.3) is 10.0 Å². The highest BCUT2D eigenvalue weighted by Crippen LogP contribution is 2.31. The van der Waals surface area contributed by atoms with E-state index in [9.17, 15) is 13.2 Å². The lowest BCUT2D eigenvalue weighted by Gasteiger charge is -2.33. The van der Waals surface area contributed by atoms with E-state index in [2.05, 4.69) is 4.40 Å². The van der Waals surface area contributed by atoms with Gasteiger partial charge in [-0.15, -0.1) is 4.40 Å². The van der Waals surface area contributed by atoms with Gasteiger partial charge in [0.1, 0.15) is 10.6 Å². The number of amidine groups is 1. The molecule has 1 unspecified atom stereocenters. The van der Waals surface area contributed by atoms with Crippen molar-refractivity contribution in [1.29, 1.82) is 0 Å². The number of hydrogen-bond acceptors (Lipinski definition) is 5. The zero-order valence-corrected chi connectivity index (χ0v) is 16.7. The summed E-state index contributed by atoms with van der Waals surface area (Å²) >= 11 is 0. The van der Waals surface area contributed by atoms with Crippen molar-refractivity contribution in [3.8, 4) is 5.75 Å². The predicted octanol–water partition coefficient (Wildman–Crippen LogP) is 3.07. The summed E-state index contributed by atoms with van der Waals surface area (Å²) in [5, 5.41) is 0. The van der Waals surface area contributed by atoms with E-state index < -0.39 is 10.0 Å². The van der Waals surface area contributed by atoms with Crippen molar-refractivity contribution in [2.75, 3.05) is 13.1 Å². The quantitative estimate of drug-likeness (QED) is 0.574. The maximum absolute atomic E-state index is 12.8. The molecule has 7 heteroatoms. The van der Waals surface area contributed by atoms with E-state index in [1.807, 2.05) is 36.9 Å². The van der Waals surface area contributed by atoms with Gasteiger partial charge >= 0.3 is 5.97 Å². The van der Waals surface area contributed by atoms with Crippen LogP contribution in [0.25, 0.3) is 0 Å². The molecule has 146 valence electrons. The van der Waals surface area contributed by atoms with Crippen molar-refractivity contribution >= 4 is 21.8 Å². The number of benzene rings is 2. The third-order valence-corrected chi connectivity index (χ3v) is 6.60. The molecule has 0 aromatic heterocycles. The first kappa shape index (κ1) is 18.7. The van der Waals surface area contributed by atoms with Crippen molar-refractivity contribution < 1.29 is 17.9 Å². The standard InChI is InChI=1S/C21H22N2O4S/c1-14-7-5-8-15(2)19(14)27-21(24)16-9-6-12-23(13-16)20-17-10-3-4-11-18(17)28(25,26)22-20/h3-5,7-8,10-11,16H,6,9,12-13H2,1-2H3. The SMILES string of the molecule is Cc1cccc(C)c1OC(=O)C1CCCN(C2=NS(=O)(=O)c3ccccc32)C1. The maximum atomic E-state index is 12.8. The highest BCUT2D eigenvalue weighted by atomic mass is 32.2. The topological polar surface area (TPSA) is 76.0 Å². The molecule has 0 spiro atoms. The summed E-state index contributed by atoms with van der Waals surface area (Å²) in [7, 11) is -3.67. The number of sulfonamides is 1. The molecule has 4 rings (SSSR count). The van der Waals surface area contributed by atoms with Gasteiger partial charge in [-0.25, -0.2) is 0 Å². The Morgan fingerprint density at radius 1 is 1.11 bits per heavy atom. The minimum Gasteiger partial charge on any atom is -0.426 e. The van der Waals surface area contributed by atoms with Gasteiger partial charge in [-0.1, -0.05) is 30.3 Å². The first-order valence-electron chi connectivity index (χ1n) is 9.34. The Hall–Kier alpha value is -2.67. The van der Waals surface area contributed by atoms with Crippen LogP contribution in [0.5, 0.6) is 5.75 Å². The minimum atomic E-state index is -3.67. The summed E-state index contributed by atoms with van der Waals surface area (Å²) in [6.07, 6.45) is 1.48. The van der Waals surface area contributed by atoms with E-state index in [1.54, 1.807) is 24.3 Å². The van der Waals surface area contributed by atoms with Gasteiger partial charge in [0.2, 0.25) is 0 Å². The number of nitrogens with zero attached hydrogens (tertiary/aromatic N) is 2. The van der Waals surface area contributed by atoms with Gasteiger partial charge in [0.05, 0.1) is 5.92 Å². The fourth-order valence-corrected chi connectivity index (χ4v) is 5.05. The Kier molecular flexibility index (Phi) is 4.71. The molecule has 1 fully saturated rings. The molecule has 2 heterocycles. The number of ether oxygens (including phenoxy) is 1. The molecule has 2 aliphatic heterocycles. The second-order valence-corrected chi connectivity index (χ2v) is 8.89. The highest BCUT2D eigenvalue weighted by molar-refractivity contribution is 7.90. The number of esters is 1. The van der Waals surface area contributed by atoms with Crippen molar-refractivity contribution in [1.82, 2.24) is 4.90 Å². The molecule has 0 aliphatic carbocycles. The van der Waals surface area contributed by atoms with Crippen LogP contribution in [-0.4, -0.2) is 38.2 Å². The van der Waals surface area contributed by atoms with Gasteiger partial charge in [-0.3, -0.25) is 4.79 Å². The average Bonchev–Trinajstić information content (AvgIpc) is 2.96. The molecule has 6 nitrogen and oxygen atoms in total. The molecule has 0 radical (unpaired) electrons. The van der Waals surface area contributed by atoms with Crippen molar-refractivity contribution in [3.05, 3.63) is 59.2 Å². The number of para-hydroxylation sites is 1. The van der Waals surface area contributed by atoms with Crippen LogP contribution in [0.15, 0.2) is 51.8 Å². The number of rotatable bonds is 2. The summed E-state index contributed by atoms with van der Waals surface area (Å²) < 4.78 is 34.4. The van der Waals surface area contributed by atoms with Crippen LogP contribution in [0.2, 0.25) is 0 Å². The van der Waals surface area contributed by atoms with Crippen molar-refractivity contribution in [3.63, 3.8) is 0 Å². The van der Waals surface area contributed by atoms with Gasteiger partial charge < -0.3 is 9.64 Å². The highest BCUT2D eigenvalue weighted by Gasteiger charge is 2.35. The van der Waals surface area contributed by atoms with E-state index in [0.29, 0.717) is 36.7 Å². The van der Waals surface area contributed by atoms with E-state index in [0.717, 1.165) is 17.5 Å². The zero-order valence-electron chi connectivity index (χ0n) is 15.9. The van der Waals surface area contributed by atoms with E-state index in [1.165, 1.54) is 0 Å². The molecule has 1 atom stereocenters. The van der Waals surface area contributed by atoms with E-state index in [4.69, 9.17) is 4.74 Å². The van der Waals surface area contributed by atoms with Crippen LogP contribution in [0.4, 0.5) is 0 Å². The molecule has 2 aliphatic rings. The number of fused-ring (bicyclic) bond motifs is 1. The molecule has 0 amide bonds. The number of likely N-dealkylation sites (tertiary alicyclic amines) is 1. The zero-order chi connectivity index (χ0) is 19.9. The Bertz CT molecular complexity index is 1060. The Labute approximate surface area is 164 Å². The summed E-state index contributed by atoms with van der Waals surface area (Å²) in [5.41, 5.74) is 2.44. The van der Waals surface area contributed by atoms with Gasteiger partial charge in [0.15, 0.2) is 5.84 Å². The second kappa shape index (κ2) is 7.05. The maximum Gasteiger partial charge on any atom is 0.316 e. The third-order valence-electron chi connectivity index (χ3n) is 5.28. The van der Waals surface area contributed by atoms with Gasteiger partial charge in [-0.05, 0) is 49.9 Å². The lowest BCUT2D eigenvalue weighted by Crippen LogP contribution is -2.43. The lowest BCUT2D eigenvalue weighted by atomic mass is 9.97. The van der Waals surface area contributed by atoms with E-state index in [-0.39, 0.29) is 16.8 Å². The van der Waals surface area contributed by atoms with Crippen LogP contribution in [0.3, 0.4) is 0 Å². The monoisotopic (exact) mass is 398 g/mol. The van der Waals surface area contributed by atoms with Crippen LogP contribution < -0.4 is 4.74 Å². The summed E-state index contributed by atoms with van der Waals surface area (Å²) in [4.78, 5) is 14.9. The molecule has 2 aromatic carbocycles. The molecule has 1 saturated heterocycles. The first-order valence-corrected chi connectivity index (χ1v) is 10.8. The number of piperidine rings is 1. The number of carbonyl (C=O) groups is 1. The van der Waals surface area contributed by atoms with Crippen LogP contribution >= 0.6 is 0 Å². The molecule has 2 aromatic rings. The number of carbonyl (C=O) groups excluding carboxylic acids is 1. The first-order chi connectivity index (χ1) is 13.4. The summed E-state index contributed by atoms with van der Waals surface area (Å²) in [5.74, 6) is 0.429. The Morgan fingerprint density at radius 2 is 1.82 bits per heavy atom. The van der Waals surface area contributed by atoms with Gasteiger partial charge in [0, 0.05) is 18.7 Å². The summed E-state index contributed by atoms with van der Waals surface area (Å²) in [6, 6.07) is 12.6. The molecular formula is C21H22N2O4S. The van der Waals surface area contributed by atoms with Crippen LogP contribution in [0.1, 0.15) is 29.5 Å². The smallest absolute Gasteiger partial charge is 0.316 e. The number of aryl methyl sites for hydroxylation is 2. The Balaban J connectivity index is 1.55. The fraction of sp³-hybridized carbons (Fsp3) is 0.333. The number of hydrogen-bond donors (Lipinski definition) is 0. The fourth-order valence-electron chi connectivity index (χ4n) is 3.82.